The van der Waals surface area contributed by atoms with Crippen LogP contribution < -0.4 is 5.32 Å². The number of nitrogens with zero attached hydrogens (tertiary/aromatic N) is 1. The molecule has 106 valence electrons. The average Bonchev–Trinajstić information content (AvgIpc) is 2.39. The number of aliphatic hydroxyl groups excluding tert-OH is 1. The normalized spacial score (nSPS) is 19.2. The van der Waals surface area contributed by atoms with Crippen LogP contribution in [0.5, 0.6) is 0 Å². The number of nitrogens with one attached hydrogen (secondary N) is 1. The molecule has 0 saturated heterocycles. The molecule has 1 saturated carbocycles. The van der Waals surface area contributed by atoms with Gasteiger partial charge in [-0.15, -0.1) is 0 Å². The number of aliphatic hydroxyl groups is 1. The van der Waals surface area contributed by atoms with E-state index in [4.69, 9.17) is 0 Å². The Hall–Kier alpha value is -1.30. The van der Waals surface area contributed by atoms with Gasteiger partial charge >= 0.3 is 6.18 Å². The topological polar surface area (TPSA) is 45.1 Å². The molecular weight excluding hydrogens is 257 g/mol. The molecule has 0 aromatic carbocycles. The van der Waals surface area contributed by atoms with Crippen molar-refractivity contribution in [1.29, 1.82) is 0 Å². The van der Waals surface area contributed by atoms with Crippen LogP contribution in [0.4, 0.5) is 19.0 Å². The highest BCUT2D eigenvalue weighted by Crippen LogP contribution is 2.33. The summed E-state index contributed by atoms with van der Waals surface area (Å²) in [6.07, 6.45) is 1.29. The van der Waals surface area contributed by atoms with Crippen LogP contribution in [0.3, 0.4) is 0 Å². The average molecular weight is 274 g/mol. The van der Waals surface area contributed by atoms with Crippen molar-refractivity contribution in [1.82, 2.24) is 4.98 Å². The van der Waals surface area contributed by atoms with Crippen molar-refractivity contribution < 1.29 is 18.3 Å². The Morgan fingerprint density at radius 1 is 1.26 bits per heavy atom. The van der Waals surface area contributed by atoms with Gasteiger partial charge in [-0.1, -0.05) is 19.3 Å². The van der Waals surface area contributed by atoms with Gasteiger partial charge in [-0.2, -0.15) is 13.2 Å². The molecule has 3 nitrogen and oxygen atoms in total. The van der Waals surface area contributed by atoms with Crippen LogP contribution in [-0.2, 0) is 6.18 Å². The summed E-state index contributed by atoms with van der Waals surface area (Å²) >= 11 is 0. The Morgan fingerprint density at radius 3 is 2.53 bits per heavy atom. The van der Waals surface area contributed by atoms with E-state index in [2.05, 4.69) is 10.3 Å². The minimum Gasteiger partial charge on any atom is -0.394 e. The van der Waals surface area contributed by atoms with Gasteiger partial charge in [-0.25, -0.2) is 4.98 Å². The maximum absolute atomic E-state index is 12.6. The second-order valence-corrected chi connectivity index (χ2v) is 5.05. The fourth-order valence-corrected chi connectivity index (χ4v) is 2.50. The van der Waals surface area contributed by atoms with Gasteiger partial charge in [0.25, 0.3) is 0 Å². The molecule has 2 rings (SSSR count). The molecular formula is C13H17F3N2O. The van der Waals surface area contributed by atoms with Gasteiger partial charge < -0.3 is 10.4 Å². The molecule has 19 heavy (non-hydrogen) atoms. The van der Waals surface area contributed by atoms with Crippen molar-refractivity contribution in [2.75, 3.05) is 11.9 Å². The van der Waals surface area contributed by atoms with E-state index in [-0.39, 0.29) is 12.4 Å². The van der Waals surface area contributed by atoms with Crippen LogP contribution in [0.1, 0.15) is 37.7 Å². The number of hydrogen-bond donors (Lipinski definition) is 2. The van der Waals surface area contributed by atoms with Gasteiger partial charge in [-0.05, 0) is 25.0 Å². The molecule has 0 bridgehead atoms. The molecule has 2 N–H and O–H groups in total. The Bertz CT molecular complexity index is 428. The molecule has 0 spiro atoms. The zero-order valence-electron chi connectivity index (χ0n) is 10.5. The lowest BCUT2D eigenvalue weighted by Crippen LogP contribution is -2.44. The summed E-state index contributed by atoms with van der Waals surface area (Å²) in [5.41, 5.74) is -1.26. The first kappa shape index (κ1) is 14.1. The SMILES string of the molecule is OCC1(Nc2cc(C(F)(F)F)ccn2)CCCCC1. The Balaban J connectivity index is 2.18. The van der Waals surface area contributed by atoms with Gasteiger partial charge in [0.05, 0.1) is 17.7 Å². The molecule has 6 heteroatoms. The number of pyridine rings is 1. The minimum atomic E-state index is -4.38. The molecule has 0 atom stereocenters. The van der Waals surface area contributed by atoms with Gasteiger partial charge in [0.15, 0.2) is 0 Å². The summed E-state index contributed by atoms with van der Waals surface area (Å²) in [6.45, 7) is -0.0923. The van der Waals surface area contributed by atoms with Crippen molar-refractivity contribution in [3.8, 4) is 0 Å². The van der Waals surface area contributed by atoms with Crippen LogP contribution in [0.15, 0.2) is 18.3 Å². The summed E-state index contributed by atoms with van der Waals surface area (Å²) in [4.78, 5) is 3.92. The van der Waals surface area contributed by atoms with E-state index in [1.807, 2.05) is 0 Å². The van der Waals surface area contributed by atoms with Gasteiger partial charge in [0, 0.05) is 6.20 Å². The Kier molecular flexibility index (Phi) is 3.99. The van der Waals surface area contributed by atoms with Crippen molar-refractivity contribution in [3.05, 3.63) is 23.9 Å². The first-order valence-electron chi connectivity index (χ1n) is 6.37. The number of hydrogen-bond acceptors (Lipinski definition) is 3. The van der Waals surface area contributed by atoms with Gasteiger partial charge in [0.2, 0.25) is 0 Å². The second-order valence-electron chi connectivity index (χ2n) is 5.05. The summed E-state index contributed by atoms with van der Waals surface area (Å²) in [5.74, 6) is 0.172. The smallest absolute Gasteiger partial charge is 0.394 e. The van der Waals surface area contributed by atoms with Crippen LogP contribution in [0.25, 0.3) is 0 Å². The zero-order valence-corrected chi connectivity index (χ0v) is 10.5. The largest absolute Gasteiger partial charge is 0.416 e. The maximum atomic E-state index is 12.6. The van der Waals surface area contributed by atoms with E-state index in [0.717, 1.165) is 50.4 Å². The minimum absolute atomic E-state index is 0.0923. The number of rotatable bonds is 3. The van der Waals surface area contributed by atoms with Gasteiger partial charge in [-0.3, -0.25) is 0 Å². The highest BCUT2D eigenvalue weighted by atomic mass is 19.4. The third-order valence-corrected chi connectivity index (χ3v) is 3.59. The number of aromatic nitrogens is 1. The highest BCUT2D eigenvalue weighted by molar-refractivity contribution is 5.41. The van der Waals surface area contributed by atoms with Crippen molar-refractivity contribution in [3.63, 3.8) is 0 Å². The summed E-state index contributed by atoms with van der Waals surface area (Å²) in [7, 11) is 0. The predicted octanol–water partition coefficient (Wildman–Crippen LogP) is 3.21. The lowest BCUT2D eigenvalue weighted by Gasteiger charge is -2.37. The molecule has 0 amide bonds. The third-order valence-electron chi connectivity index (χ3n) is 3.59. The van der Waals surface area contributed by atoms with Crippen molar-refractivity contribution >= 4 is 5.82 Å². The summed E-state index contributed by atoms with van der Waals surface area (Å²) < 4.78 is 37.9. The second kappa shape index (κ2) is 5.36. The number of halogens is 3. The fraction of sp³-hybridized carbons (Fsp3) is 0.615. The van der Waals surface area contributed by atoms with Crippen LogP contribution >= 0.6 is 0 Å². The summed E-state index contributed by atoms with van der Waals surface area (Å²) in [6, 6.07) is 1.93. The molecule has 1 heterocycles. The molecule has 0 radical (unpaired) electrons. The molecule has 1 aliphatic carbocycles. The molecule has 0 unspecified atom stereocenters. The first-order valence-corrected chi connectivity index (χ1v) is 6.37. The maximum Gasteiger partial charge on any atom is 0.416 e. The first-order chi connectivity index (χ1) is 8.95. The van der Waals surface area contributed by atoms with E-state index < -0.39 is 17.3 Å². The lowest BCUT2D eigenvalue weighted by molar-refractivity contribution is -0.137. The zero-order chi connectivity index (χ0) is 13.9. The molecule has 1 aromatic heterocycles. The molecule has 1 fully saturated rings. The van der Waals surface area contributed by atoms with E-state index in [0.29, 0.717) is 0 Å². The predicted molar refractivity (Wildman–Crippen MR) is 65.8 cm³/mol. The van der Waals surface area contributed by atoms with Crippen LogP contribution in [0, 0.1) is 0 Å². The van der Waals surface area contributed by atoms with E-state index in [1.54, 1.807) is 0 Å². The number of anilines is 1. The standard InChI is InChI=1S/C13H17F3N2O/c14-13(15,16)10-4-7-17-11(8-10)18-12(9-19)5-2-1-3-6-12/h4,7-8,19H,1-3,5-6,9H2,(H,17,18). The molecule has 1 aromatic rings. The fourth-order valence-electron chi connectivity index (χ4n) is 2.50. The van der Waals surface area contributed by atoms with Crippen molar-refractivity contribution in [2.45, 2.75) is 43.8 Å². The molecule has 1 aliphatic rings. The van der Waals surface area contributed by atoms with Crippen molar-refractivity contribution in [2.24, 2.45) is 0 Å². The summed E-state index contributed by atoms with van der Waals surface area (Å²) in [5, 5.41) is 12.5. The van der Waals surface area contributed by atoms with E-state index in [1.165, 1.54) is 0 Å². The highest BCUT2D eigenvalue weighted by Gasteiger charge is 2.34. The van der Waals surface area contributed by atoms with Crippen LogP contribution in [-0.4, -0.2) is 22.2 Å². The number of alkyl halides is 3. The van der Waals surface area contributed by atoms with E-state index in [9.17, 15) is 18.3 Å². The monoisotopic (exact) mass is 274 g/mol. The quantitative estimate of drug-likeness (QED) is 0.889. The van der Waals surface area contributed by atoms with E-state index >= 15 is 0 Å². The Morgan fingerprint density at radius 2 is 1.95 bits per heavy atom. The van der Waals surface area contributed by atoms with Crippen LogP contribution in [0.2, 0.25) is 0 Å². The third kappa shape index (κ3) is 3.37. The van der Waals surface area contributed by atoms with Gasteiger partial charge in [0.1, 0.15) is 5.82 Å². The lowest BCUT2D eigenvalue weighted by atomic mass is 9.82. The molecule has 0 aliphatic heterocycles. The Labute approximate surface area is 109 Å².